The average Bonchev–Trinajstić information content (AvgIpc) is 3.49. The summed E-state index contributed by atoms with van der Waals surface area (Å²) in [6.45, 7) is 6.96. The van der Waals surface area contributed by atoms with Gasteiger partial charge in [0.05, 0.1) is 17.9 Å². The Morgan fingerprint density at radius 2 is 1.97 bits per heavy atom. The van der Waals surface area contributed by atoms with Crippen molar-refractivity contribution in [3.05, 3.63) is 76.0 Å². The molecule has 1 aromatic carbocycles. The third-order valence-electron chi connectivity index (χ3n) is 5.34. The highest BCUT2D eigenvalue weighted by molar-refractivity contribution is 7.09. The molecular formula is C21H23N7S. The minimum atomic E-state index is -0.0179. The molecule has 1 atom stereocenters. The van der Waals surface area contributed by atoms with Gasteiger partial charge in [-0.3, -0.25) is 4.90 Å². The highest BCUT2D eigenvalue weighted by atomic mass is 32.1. The van der Waals surface area contributed by atoms with Crippen LogP contribution in [0.5, 0.6) is 0 Å². The van der Waals surface area contributed by atoms with E-state index in [0.29, 0.717) is 5.92 Å². The molecule has 0 N–H and O–H groups in total. The number of hydrogen-bond acceptors (Lipinski definition) is 6. The molecule has 4 aromatic rings. The molecule has 1 unspecified atom stereocenters. The summed E-state index contributed by atoms with van der Waals surface area (Å²) < 4.78 is 3.91. The Balaban J connectivity index is 1.62. The second-order valence-electron chi connectivity index (χ2n) is 7.62. The second-order valence-corrected chi connectivity index (χ2v) is 8.65. The van der Waals surface area contributed by atoms with E-state index in [1.54, 1.807) is 11.3 Å². The quantitative estimate of drug-likeness (QED) is 0.507. The lowest BCUT2D eigenvalue weighted by molar-refractivity contribution is 0.164. The Kier molecular flexibility index (Phi) is 4.73. The van der Waals surface area contributed by atoms with Crippen molar-refractivity contribution in [2.45, 2.75) is 38.9 Å². The van der Waals surface area contributed by atoms with Crippen molar-refractivity contribution >= 4 is 11.3 Å². The van der Waals surface area contributed by atoms with Gasteiger partial charge in [-0.05, 0) is 39.9 Å². The summed E-state index contributed by atoms with van der Waals surface area (Å²) in [6, 6.07) is 14.5. The summed E-state index contributed by atoms with van der Waals surface area (Å²) in [5.74, 6) is 1.19. The van der Waals surface area contributed by atoms with Crippen LogP contribution in [0.2, 0.25) is 0 Å². The van der Waals surface area contributed by atoms with Crippen molar-refractivity contribution in [1.29, 1.82) is 0 Å². The SMILES string of the molecule is CC(C)c1nn(-c2ccccc2)cc1C1c2nnnn2CCN1Cc1cccs1. The highest BCUT2D eigenvalue weighted by Crippen LogP contribution is 2.36. The fourth-order valence-corrected chi connectivity index (χ4v) is 4.69. The molecule has 148 valence electrons. The Hall–Kier alpha value is -2.84. The largest absolute Gasteiger partial charge is 0.283 e. The molecule has 0 spiro atoms. The molecule has 4 heterocycles. The maximum absolute atomic E-state index is 4.96. The van der Waals surface area contributed by atoms with Gasteiger partial charge in [0.2, 0.25) is 0 Å². The summed E-state index contributed by atoms with van der Waals surface area (Å²) in [7, 11) is 0. The number of benzene rings is 1. The standard InChI is InChI=1S/C21H23N7S/c1-15(2)19-18(14-28(23-19)16-7-4-3-5-8-16)20-21-22-24-25-27(21)11-10-26(20)13-17-9-6-12-29-17/h3-9,12,14-15,20H,10-11,13H2,1-2H3. The first-order valence-electron chi connectivity index (χ1n) is 9.88. The summed E-state index contributed by atoms with van der Waals surface area (Å²) in [5, 5.41) is 19.7. The Labute approximate surface area is 173 Å². The molecule has 5 rings (SSSR count). The van der Waals surface area contributed by atoms with Crippen molar-refractivity contribution < 1.29 is 0 Å². The lowest BCUT2D eigenvalue weighted by Crippen LogP contribution is -2.39. The Morgan fingerprint density at radius 1 is 1.10 bits per heavy atom. The van der Waals surface area contributed by atoms with Crippen molar-refractivity contribution in [1.82, 2.24) is 34.9 Å². The minimum Gasteiger partial charge on any atom is -0.283 e. The van der Waals surface area contributed by atoms with E-state index in [0.717, 1.165) is 36.8 Å². The van der Waals surface area contributed by atoms with Crippen LogP contribution in [0.4, 0.5) is 0 Å². The molecule has 7 nitrogen and oxygen atoms in total. The normalized spacial score (nSPS) is 17.0. The van der Waals surface area contributed by atoms with E-state index < -0.39 is 0 Å². The van der Waals surface area contributed by atoms with E-state index in [4.69, 9.17) is 5.10 Å². The van der Waals surface area contributed by atoms with Crippen molar-refractivity contribution in [2.75, 3.05) is 6.54 Å². The van der Waals surface area contributed by atoms with Gasteiger partial charge in [-0.2, -0.15) is 5.10 Å². The Bertz CT molecular complexity index is 1080. The highest BCUT2D eigenvalue weighted by Gasteiger charge is 2.35. The van der Waals surface area contributed by atoms with Gasteiger partial charge in [0.15, 0.2) is 5.82 Å². The molecule has 1 aliphatic rings. The number of thiophene rings is 1. The van der Waals surface area contributed by atoms with E-state index in [1.165, 1.54) is 10.4 Å². The third-order valence-corrected chi connectivity index (χ3v) is 6.20. The molecule has 3 aromatic heterocycles. The first-order valence-corrected chi connectivity index (χ1v) is 10.8. The Morgan fingerprint density at radius 3 is 2.72 bits per heavy atom. The summed E-state index contributed by atoms with van der Waals surface area (Å²) in [5.41, 5.74) is 3.32. The smallest absolute Gasteiger partial charge is 0.173 e. The zero-order valence-electron chi connectivity index (χ0n) is 16.5. The van der Waals surface area contributed by atoms with E-state index in [2.05, 4.69) is 70.1 Å². The maximum Gasteiger partial charge on any atom is 0.173 e. The summed E-state index contributed by atoms with van der Waals surface area (Å²) in [6.07, 6.45) is 2.15. The number of nitrogens with zero attached hydrogens (tertiary/aromatic N) is 7. The van der Waals surface area contributed by atoms with Crippen LogP contribution >= 0.6 is 11.3 Å². The molecule has 0 fully saturated rings. The van der Waals surface area contributed by atoms with Gasteiger partial charge < -0.3 is 0 Å². The predicted molar refractivity (Wildman–Crippen MR) is 112 cm³/mol. The topological polar surface area (TPSA) is 64.7 Å². The van der Waals surface area contributed by atoms with Gasteiger partial charge in [0.25, 0.3) is 0 Å². The molecule has 0 saturated carbocycles. The van der Waals surface area contributed by atoms with Crippen molar-refractivity contribution in [3.63, 3.8) is 0 Å². The lowest BCUT2D eigenvalue weighted by Gasteiger charge is -2.34. The molecular weight excluding hydrogens is 382 g/mol. The zero-order chi connectivity index (χ0) is 19.8. The summed E-state index contributed by atoms with van der Waals surface area (Å²) in [4.78, 5) is 3.81. The monoisotopic (exact) mass is 405 g/mol. The number of fused-ring (bicyclic) bond motifs is 1. The second kappa shape index (κ2) is 7.53. The van der Waals surface area contributed by atoms with Crippen LogP contribution in [0, 0.1) is 0 Å². The number of hydrogen-bond donors (Lipinski definition) is 0. The summed E-state index contributed by atoms with van der Waals surface area (Å²) >= 11 is 1.79. The first kappa shape index (κ1) is 18.2. The third kappa shape index (κ3) is 3.38. The average molecular weight is 406 g/mol. The van der Waals surface area contributed by atoms with Crippen LogP contribution in [0.25, 0.3) is 5.69 Å². The van der Waals surface area contributed by atoms with Crippen LogP contribution in [0.3, 0.4) is 0 Å². The van der Waals surface area contributed by atoms with Crippen molar-refractivity contribution in [3.8, 4) is 5.69 Å². The minimum absolute atomic E-state index is 0.0179. The fourth-order valence-electron chi connectivity index (χ4n) is 3.96. The number of para-hydroxylation sites is 1. The zero-order valence-corrected chi connectivity index (χ0v) is 17.3. The van der Waals surface area contributed by atoms with E-state index in [9.17, 15) is 0 Å². The fraction of sp³-hybridized carbons (Fsp3) is 0.333. The van der Waals surface area contributed by atoms with Crippen LogP contribution in [-0.4, -0.2) is 41.4 Å². The molecule has 8 heteroatoms. The van der Waals surface area contributed by atoms with Gasteiger partial charge >= 0.3 is 0 Å². The first-order chi connectivity index (χ1) is 14.2. The lowest BCUT2D eigenvalue weighted by atomic mass is 9.97. The molecule has 29 heavy (non-hydrogen) atoms. The number of rotatable bonds is 5. The van der Waals surface area contributed by atoms with Crippen LogP contribution < -0.4 is 0 Å². The van der Waals surface area contributed by atoms with Gasteiger partial charge in [-0.15, -0.1) is 16.4 Å². The molecule has 1 aliphatic heterocycles. The molecule has 0 radical (unpaired) electrons. The van der Waals surface area contributed by atoms with Gasteiger partial charge in [0, 0.05) is 29.7 Å². The van der Waals surface area contributed by atoms with Gasteiger partial charge in [0.1, 0.15) is 6.04 Å². The number of aromatic nitrogens is 6. The van der Waals surface area contributed by atoms with Gasteiger partial charge in [-0.25, -0.2) is 9.36 Å². The van der Waals surface area contributed by atoms with Gasteiger partial charge in [-0.1, -0.05) is 38.1 Å². The van der Waals surface area contributed by atoms with Crippen LogP contribution in [0.15, 0.2) is 54.0 Å². The molecule has 0 amide bonds. The maximum atomic E-state index is 4.96. The molecule has 0 saturated heterocycles. The number of tetrazole rings is 1. The van der Waals surface area contributed by atoms with Crippen LogP contribution in [-0.2, 0) is 13.1 Å². The molecule has 0 aliphatic carbocycles. The van der Waals surface area contributed by atoms with Crippen LogP contribution in [0.1, 0.15) is 47.8 Å². The van der Waals surface area contributed by atoms with E-state index >= 15 is 0 Å². The van der Waals surface area contributed by atoms with Crippen molar-refractivity contribution in [2.24, 2.45) is 0 Å². The predicted octanol–water partition coefficient (Wildman–Crippen LogP) is 3.65. The molecule has 0 bridgehead atoms. The van der Waals surface area contributed by atoms with E-state index in [-0.39, 0.29) is 6.04 Å². The van der Waals surface area contributed by atoms with E-state index in [1.807, 2.05) is 27.6 Å².